The first-order chi connectivity index (χ1) is 17.4. The summed E-state index contributed by atoms with van der Waals surface area (Å²) in [6.07, 6.45) is 1.81. The van der Waals surface area contributed by atoms with Crippen LogP contribution in [0.3, 0.4) is 0 Å². The van der Waals surface area contributed by atoms with Crippen LogP contribution in [0.15, 0.2) is 54.6 Å². The Kier molecular flexibility index (Phi) is 8.67. The first-order valence-electron chi connectivity index (χ1n) is 12.9. The third kappa shape index (κ3) is 6.66. The van der Waals surface area contributed by atoms with Crippen molar-refractivity contribution in [2.24, 2.45) is 0 Å². The highest BCUT2D eigenvalue weighted by Gasteiger charge is 2.33. The summed E-state index contributed by atoms with van der Waals surface area (Å²) in [4.78, 5) is 2.35. The molecule has 4 rings (SSSR count). The highest BCUT2D eigenvalue weighted by Crippen LogP contribution is 2.37. The Morgan fingerprint density at radius 1 is 1.00 bits per heavy atom. The van der Waals surface area contributed by atoms with Crippen LogP contribution in [0.5, 0.6) is 17.4 Å². The molecular weight excluding hydrogens is 454 g/mol. The number of para-hydroxylation sites is 1. The topological polar surface area (TPSA) is 69.0 Å². The summed E-state index contributed by atoms with van der Waals surface area (Å²) in [5, 5.41) is 15.7. The maximum Gasteiger partial charge on any atom is 0.227 e. The lowest BCUT2D eigenvalue weighted by molar-refractivity contribution is -0.0108. The number of methoxy groups -OCH3 is 1. The molecule has 1 atom stereocenters. The summed E-state index contributed by atoms with van der Waals surface area (Å²) >= 11 is 0. The normalized spacial score (nSPS) is 14.6. The average molecular weight is 494 g/mol. The molecule has 0 spiro atoms. The Morgan fingerprint density at radius 3 is 2.28 bits per heavy atom. The molecule has 0 aliphatic heterocycles. The second-order valence-electron chi connectivity index (χ2n) is 10.0. The van der Waals surface area contributed by atoms with Crippen LogP contribution < -0.4 is 9.47 Å². The molecule has 0 amide bonds. The number of aliphatic hydroxyl groups excluding tert-OH is 1. The molecule has 3 aromatic rings. The zero-order chi connectivity index (χ0) is 25.7. The number of rotatable bonds is 13. The Morgan fingerprint density at radius 2 is 1.69 bits per heavy atom. The van der Waals surface area contributed by atoms with Crippen LogP contribution in [0, 0.1) is 0 Å². The Balaban J connectivity index is 1.71. The quantitative estimate of drug-likeness (QED) is 0.337. The van der Waals surface area contributed by atoms with E-state index >= 15 is 0 Å². The smallest absolute Gasteiger partial charge is 0.227 e. The number of nitrogens with zero attached hydrogens (tertiary/aromatic N) is 3. The third-order valence-electron chi connectivity index (χ3n) is 6.28. The fourth-order valence-electron chi connectivity index (χ4n) is 4.28. The van der Waals surface area contributed by atoms with Gasteiger partial charge in [-0.05, 0) is 69.0 Å². The van der Waals surface area contributed by atoms with E-state index in [0.29, 0.717) is 31.6 Å². The van der Waals surface area contributed by atoms with E-state index < -0.39 is 6.10 Å². The first-order valence-corrected chi connectivity index (χ1v) is 12.9. The van der Waals surface area contributed by atoms with Crippen molar-refractivity contribution in [2.45, 2.75) is 71.2 Å². The second kappa shape index (κ2) is 11.9. The molecule has 0 unspecified atom stereocenters. The van der Waals surface area contributed by atoms with E-state index in [1.807, 2.05) is 73.1 Å². The van der Waals surface area contributed by atoms with Gasteiger partial charge in [0.2, 0.25) is 5.88 Å². The highest BCUT2D eigenvalue weighted by molar-refractivity contribution is 5.46. The van der Waals surface area contributed by atoms with Gasteiger partial charge in [-0.25, -0.2) is 4.68 Å². The van der Waals surface area contributed by atoms with Gasteiger partial charge in [-0.15, -0.1) is 0 Å². The van der Waals surface area contributed by atoms with Gasteiger partial charge in [0.25, 0.3) is 0 Å². The molecule has 1 aliphatic carbocycles. The van der Waals surface area contributed by atoms with Crippen LogP contribution in [0.25, 0.3) is 5.69 Å². The standard InChI is InChI=1S/C29H39N3O4/c1-20(2)28-27(18-31(22-11-12-22)17-24(33)19-35-21(3)4)29(36-26-9-7-6-8-10-26)32(30-28)23-13-15-25(34-5)16-14-23/h6-10,13-16,20-22,24,33H,11-12,17-19H2,1-5H3/t24-/m1/s1. The Bertz CT molecular complexity index is 1090. The number of aromatic nitrogens is 2. The van der Waals surface area contributed by atoms with Gasteiger partial charge >= 0.3 is 0 Å². The largest absolute Gasteiger partial charge is 0.497 e. The summed E-state index contributed by atoms with van der Waals surface area (Å²) in [7, 11) is 1.66. The summed E-state index contributed by atoms with van der Waals surface area (Å²) < 4.78 is 19.4. The molecule has 1 aromatic heterocycles. The number of hydrogen-bond donors (Lipinski definition) is 1. The van der Waals surface area contributed by atoms with Crippen molar-refractivity contribution in [1.29, 1.82) is 0 Å². The molecule has 0 saturated heterocycles. The Labute approximate surface area is 214 Å². The maximum absolute atomic E-state index is 10.7. The summed E-state index contributed by atoms with van der Waals surface area (Å²) in [6.45, 7) is 9.81. The van der Waals surface area contributed by atoms with E-state index in [4.69, 9.17) is 19.3 Å². The predicted molar refractivity (Wildman–Crippen MR) is 141 cm³/mol. The van der Waals surface area contributed by atoms with Crippen molar-refractivity contribution in [3.05, 3.63) is 65.9 Å². The molecule has 1 saturated carbocycles. The lowest BCUT2D eigenvalue weighted by Gasteiger charge is -2.26. The SMILES string of the molecule is COc1ccc(-n2nc(C(C)C)c(CN(C[C@@H](O)COC(C)C)C3CC3)c2Oc2ccccc2)cc1. The fourth-order valence-corrected chi connectivity index (χ4v) is 4.28. The number of ether oxygens (including phenoxy) is 3. The van der Waals surface area contributed by atoms with Crippen LogP contribution in [-0.2, 0) is 11.3 Å². The van der Waals surface area contributed by atoms with Crippen molar-refractivity contribution >= 4 is 0 Å². The average Bonchev–Trinajstić information content (AvgIpc) is 3.66. The molecule has 0 bridgehead atoms. The predicted octanol–water partition coefficient (Wildman–Crippen LogP) is 5.55. The van der Waals surface area contributed by atoms with Gasteiger partial charge in [-0.1, -0.05) is 32.0 Å². The molecule has 7 nitrogen and oxygen atoms in total. The van der Waals surface area contributed by atoms with Crippen molar-refractivity contribution in [2.75, 3.05) is 20.3 Å². The maximum atomic E-state index is 10.7. The van der Waals surface area contributed by atoms with E-state index in [0.717, 1.165) is 41.3 Å². The van der Waals surface area contributed by atoms with E-state index in [9.17, 15) is 5.11 Å². The van der Waals surface area contributed by atoms with Gasteiger partial charge in [0, 0.05) is 19.1 Å². The van der Waals surface area contributed by atoms with Crippen LogP contribution in [0.4, 0.5) is 0 Å². The molecule has 0 radical (unpaired) electrons. The number of hydrogen-bond acceptors (Lipinski definition) is 6. The fraction of sp³-hybridized carbons (Fsp3) is 0.483. The second-order valence-corrected chi connectivity index (χ2v) is 10.0. The van der Waals surface area contributed by atoms with Crippen molar-refractivity contribution in [1.82, 2.24) is 14.7 Å². The molecule has 2 aromatic carbocycles. The van der Waals surface area contributed by atoms with Gasteiger partial charge in [0.05, 0.1) is 42.9 Å². The molecule has 7 heteroatoms. The van der Waals surface area contributed by atoms with Gasteiger partial charge in [-0.2, -0.15) is 5.10 Å². The Hall–Kier alpha value is -2.87. The monoisotopic (exact) mass is 493 g/mol. The van der Waals surface area contributed by atoms with Crippen LogP contribution >= 0.6 is 0 Å². The third-order valence-corrected chi connectivity index (χ3v) is 6.28. The summed E-state index contributed by atoms with van der Waals surface area (Å²) in [5.74, 6) is 2.45. The van der Waals surface area contributed by atoms with E-state index in [-0.39, 0.29) is 12.0 Å². The van der Waals surface area contributed by atoms with Gasteiger partial charge in [0.15, 0.2) is 0 Å². The molecular formula is C29H39N3O4. The van der Waals surface area contributed by atoms with Crippen molar-refractivity contribution in [3.8, 4) is 23.1 Å². The van der Waals surface area contributed by atoms with Crippen LogP contribution in [0.2, 0.25) is 0 Å². The van der Waals surface area contributed by atoms with E-state index in [1.54, 1.807) is 7.11 Å². The van der Waals surface area contributed by atoms with E-state index in [2.05, 4.69) is 18.7 Å². The first kappa shape index (κ1) is 26.2. The lowest BCUT2D eigenvalue weighted by Crippen LogP contribution is -2.36. The molecule has 1 fully saturated rings. The minimum absolute atomic E-state index is 0.0928. The van der Waals surface area contributed by atoms with Crippen molar-refractivity contribution in [3.63, 3.8) is 0 Å². The molecule has 1 heterocycles. The minimum atomic E-state index is -0.550. The van der Waals surface area contributed by atoms with Gasteiger partial charge in [-0.3, -0.25) is 4.90 Å². The van der Waals surface area contributed by atoms with Gasteiger partial charge < -0.3 is 19.3 Å². The molecule has 194 valence electrons. The summed E-state index contributed by atoms with van der Waals surface area (Å²) in [6, 6.07) is 18.1. The van der Waals surface area contributed by atoms with E-state index in [1.165, 1.54) is 0 Å². The summed E-state index contributed by atoms with van der Waals surface area (Å²) in [5.41, 5.74) is 2.95. The van der Waals surface area contributed by atoms with Crippen LogP contribution in [-0.4, -0.2) is 58.3 Å². The zero-order valence-electron chi connectivity index (χ0n) is 22.1. The highest BCUT2D eigenvalue weighted by atomic mass is 16.5. The minimum Gasteiger partial charge on any atom is -0.497 e. The van der Waals surface area contributed by atoms with Crippen LogP contribution in [0.1, 0.15) is 57.7 Å². The zero-order valence-corrected chi connectivity index (χ0v) is 22.1. The van der Waals surface area contributed by atoms with Gasteiger partial charge in [0.1, 0.15) is 11.5 Å². The number of aliphatic hydroxyl groups is 1. The number of benzene rings is 2. The molecule has 1 aliphatic rings. The van der Waals surface area contributed by atoms with Crippen molar-refractivity contribution < 1.29 is 19.3 Å². The molecule has 1 N–H and O–H groups in total. The lowest BCUT2D eigenvalue weighted by atomic mass is 10.1. The molecule has 36 heavy (non-hydrogen) atoms.